The highest BCUT2D eigenvalue weighted by Gasteiger charge is 2.21. The van der Waals surface area contributed by atoms with Gasteiger partial charge in [0.1, 0.15) is 5.82 Å². The second-order valence-corrected chi connectivity index (χ2v) is 6.35. The fourth-order valence-electron chi connectivity index (χ4n) is 3.06. The van der Waals surface area contributed by atoms with Crippen LogP contribution in [0.25, 0.3) is 0 Å². The quantitative estimate of drug-likeness (QED) is 0.882. The Hall–Kier alpha value is -2.21. The van der Waals surface area contributed by atoms with E-state index in [0.717, 1.165) is 38.0 Å². The number of nitrogens with zero attached hydrogens (tertiary/aromatic N) is 3. The molecule has 5 nitrogen and oxygen atoms in total. The highest BCUT2D eigenvalue weighted by Crippen LogP contribution is 2.18. The number of hydrogen-bond acceptors (Lipinski definition) is 3. The zero-order chi connectivity index (χ0) is 16.8. The van der Waals surface area contributed by atoms with Crippen molar-refractivity contribution in [2.75, 3.05) is 19.6 Å². The van der Waals surface area contributed by atoms with Crippen molar-refractivity contribution in [1.82, 2.24) is 20.0 Å². The molecule has 1 amide bonds. The van der Waals surface area contributed by atoms with Crippen LogP contribution >= 0.6 is 0 Å². The number of likely N-dealkylation sites (tertiary alicyclic amines) is 1. The van der Waals surface area contributed by atoms with Gasteiger partial charge < -0.3 is 5.32 Å². The molecule has 1 fully saturated rings. The van der Waals surface area contributed by atoms with Gasteiger partial charge in [0, 0.05) is 25.5 Å². The van der Waals surface area contributed by atoms with E-state index in [0.29, 0.717) is 19.0 Å². The molecular formula is C18H23FN4O. The van der Waals surface area contributed by atoms with Crippen LogP contribution in [0, 0.1) is 11.7 Å². The first-order valence-electron chi connectivity index (χ1n) is 8.40. The normalized spacial score (nSPS) is 16.2. The summed E-state index contributed by atoms with van der Waals surface area (Å²) >= 11 is 0. The summed E-state index contributed by atoms with van der Waals surface area (Å²) in [5.74, 6) is 0.385. The van der Waals surface area contributed by atoms with E-state index in [4.69, 9.17) is 0 Å². The van der Waals surface area contributed by atoms with E-state index < -0.39 is 0 Å². The Balaban J connectivity index is 1.36. The van der Waals surface area contributed by atoms with Gasteiger partial charge in [0.2, 0.25) is 5.91 Å². The van der Waals surface area contributed by atoms with Gasteiger partial charge in [-0.25, -0.2) is 4.39 Å². The van der Waals surface area contributed by atoms with Crippen molar-refractivity contribution in [2.45, 2.75) is 25.9 Å². The Morgan fingerprint density at radius 1 is 1.25 bits per heavy atom. The Morgan fingerprint density at radius 2 is 2.00 bits per heavy atom. The van der Waals surface area contributed by atoms with Crippen molar-refractivity contribution in [3.63, 3.8) is 0 Å². The number of hydrogen-bond donors (Lipinski definition) is 1. The molecule has 6 heteroatoms. The molecule has 1 N–H and O–H groups in total. The Morgan fingerprint density at radius 3 is 2.67 bits per heavy atom. The van der Waals surface area contributed by atoms with Crippen LogP contribution in [-0.2, 0) is 17.9 Å². The molecule has 1 aromatic heterocycles. The van der Waals surface area contributed by atoms with Crippen LogP contribution < -0.4 is 5.32 Å². The maximum absolute atomic E-state index is 12.8. The number of amides is 1. The van der Waals surface area contributed by atoms with E-state index in [1.54, 1.807) is 18.3 Å². The average Bonchev–Trinajstić information content (AvgIpc) is 3.09. The summed E-state index contributed by atoms with van der Waals surface area (Å²) < 4.78 is 14.8. The summed E-state index contributed by atoms with van der Waals surface area (Å²) in [6, 6.07) is 8.14. The number of nitrogens with one attached hydrogen (secondary N) is 1. The molecule has 0 bridgehead atoms. The molecular weight excluding hydrogens is 307 g/mol. The average molecular weight is 330 g/mol. The molecule has 3 rings (SSSR count). The monoisotopic (exact) mass is 330 g/mol. The zero-order valence-corrected chi connectivity index (χ0v) is 13.7. The molecule has 128 valence electrons. The summed E-state index contributed by atoms with van der Waals surface area (Å²) in [6.45, 7) is 3.70. The van der Waals surface area contributed by atoms with E-state index >= 15 is 0 Å². The molecule has 2 aromatic rings. The summed E-state index contributed by atoms with van der Waals surface area (Å²) in [5, 5.41) is 7.15. The third kappa shape index (κ3) is 4.89. The van der Waals surface area contributed by atoms with Crippen LogP contribution in [0.1, 0.15) is 18.4 Å². The van der Waals surface area contributed by atoms with Gasteiger partial charge in [-0.05, 0) is 55.6 Å². The SMILES string of the molecule is O=C(CN1CCC(Cn2cccn2)CC1)NCc1ccc(F)cc1. The number of piperidine rings is 1. The highest BCUT2D eigenvalue weighted by atomic mass is 19.1. The number of aromatic nitrogens is 2. The first-order valence-corrected chi connectivity index (χ1v) is 8.40. The first-order chi connectivity index (χ1) is 11.7. The molecule has 0 aliphatic carbocycles. The third-order valence-corrected chi connectivity index (χ3v) is 4.48. The minimum atomic E-state index is -0.261. The second kappa shape index (κ2) is 8.06. The van der Waals surface area contributed by atoms with Crippen LogP contribution in [0.3, 0.4) is 0 Å². The Labute approximate surface area is 141 Å². The standard InChI is InChI=1S/C18H23FN4O/c19-17-4-2-15(3-5-17)12-20-18(24)14-22-10-6-16(7-11-22)13-23-9-1-8-21-23/h1-5,8-9,16H,6-7,10-14H2,(H,20,24). The van der Waals surface area contributed by atoms with E-state index in [1.807, 2.05) is 16.9 Å². The van der Waals surface area contributed by atoms with Crippen molar-refractivity contribution in [2.24, 2.45) is 5.92 Å². The van der Waals surface area contributed by atoms with Crippen molar-refractivity contribution >= 4 is 5.91 Å². The lowest BCUT2D eigenvalue weighted by Crippen LogP contribution is -2.41. The number of halogens is 1. The molecule has 24 heavy (non-hydrogen) atoms. The number of carbonyl (C=O) groups excluding carboxylic acids is 1. The van der Waals surface area contributed by atoms with Crippen molar-refractivity contribution in [3.8, 4) is 0 Å². The summed E-state index contributed by atoms with van der Waals surface area (Å²) in [4.78, 5) is 14.2. The maximum atomic E-state index is 12.8. The van der Waals surface area contributed by atoms with Gasteiger partial charge in [0.15, 0.2) is 0 Å². The maximum Gasteiger partial charge on any atom is 0.234 e. The molecule has 2 heterocycles. The molecule has 1 aliphatic heterocycles. The number of benzene rings is 1. The minimum absolute atomic E-state index is 0.0184. The Bertz CT molecular complexity index is 634. The largest absolute Gasteiger partial charge is 0.351 e. The van der Waals surface area contributed by atoms with Crippen molar-refractivity contribution < 1.29 is 9.18 Å². The molecule has 0 atom stereocenters. The van der Waals surface area contributed by atoms with Gasteiger partial charge >= 0.3 is 0 Å². The van der Waals surface area contributed by atoms with E-state index in [-0.39, 0.29) is 11.7 Å². The van der Waals surface area contributed by atoms with E-state index in [9.17, 15) is 9.18 Å². The van der Waals surface area contributed by atoms with Crippen LogP contribution in [0.5, 0.6) is 0 Å². The predicted molar refractivity (Wildman–Crippen MR) is 89.6 cm³/mol. The van der Waals surface area contributed by atoms with E-state index in [2.05, 4.69) is 15.3 Å². The van der Waals surface area contributed by atoms with Gasteiger partial charge in [-0.2, -0.15) is 5.10 Å². The Kier molecular flexibility index (Phi) is 5.59. The molecule has 0 radical (unpaired) electrons. The van der Waals surface area contributed by atoms with Gasteiger partial charge in [-0.1, -0.05) is 12.1 Å². The third-order valence-electron chi connectivity index (χ3n) is 4.48. The smallest absolute Gasteiger partial charge is 0.234 e. The number of carbonyl (C=O) groups is 1. The van der Waals surface area contributed by atoms with Gasteiger partial charge in [-0.3, -0.25) is 14.4 Å². The van der Waals surface area contributed by atoms with Crippen molar-refractivity contribution in [1.29, 1.82) is 0 Å². The predicted octanol–water partition coefficient (Wildman–Crippen LogP) is 2.05. The molecule has 1 aliphatic rings. The summed E-state index contributed by atoms with van der Waals surface area (Å²) in [5.41, 5.74) is 0.905. The summed E-state index contributed by atoms with van der Waals surface area (Å²) in [6.07, 6.45) is 5.98. The van der Waals surface area contributed by atoms with Gasteiger partial charge in [0.25, 0.3) is 0 Å². The number of rotatable bonds is 6. The van der Waals surface area contributed by atoms with Gasteiger partial charge in [-0.15, -0.1) is 0 Å². The lowest BCUT2D eigenvalue weighted by molar-refractivity contribution is -0.122. The van der Waals surface area contributed by atoms with Gasteiger partial charge in [0.05, 0.1) is 6.54 Å². The van der Waals surface area contributed by atoms with E-state index in [1.165, 1.54) is 12.1 Å². The highest BCUT2D eigenvalue weighted by molar-refractivity contribution is 5.78. The molecule has 0 unspecified atom stereocenters. The lowest BCUT2D eigenvalue weighted by Gasteiger charge is -2.31. The minimum Gasteiger partial charge on any atom is -0.351 e. The fourth-order valence-corrected chi connectivity index (χ4v) is 3.06. The second-order valence-electron chi connectivity index (χ2n) is 6.35. The lowest BCUT2D eigenvalue weighted by atomic mass is 9.97. The molecule has 0 saturated carbocycles. The molecule has 0 spiro atoms. The summed E-state index contributed by atoms with van der Waals surface area (Å²) in [7, 11) is 0. The van der Waals surface area contributed by atoms with Crippen LogP contribution in [0.4, 0.5) is 4.39 Å². The zero-order valence-electron chi connectivity index (χ0n) is 13.7. The van der Waals surface area contributed by atoms with Crippen LogP contribution in [0.2, 0.25) is 0 Å². The van der Waals surface area contributed by atoms with Crippen LogP contribution in [-0.4, -0.2) is 40.2 Å². The molecule has 1 saturated heterocycles. The van der Waals surface area contributed by atoms with Crippen LogP contribution in [0.15, 0.2) is 42.7 Å². The fraction of sp³-hybridized carbons (Fsp3) is 0.444. The topological polar surface area (TPSA) is 50.2 Å². The van der Waals surface area contributed by atoms with Crippen molar-refractivity contribution in [3.05, 3.63) is 54.1 Å². The molecule has 1 aromatic carbocycles. The first kappa shape index (κ1) is 16.6.